The van der Waals surface area contributed by atoms with E-state index in [0.29, 0.717) is 19.6 Å². The highest BCUT2D eigenvalue weighted by Crippen LogP contribution is 2.36. The Morgan fingerprint density at radius 2 is 1.95 bits per heavy atom. The Morgan fingerprint density at radius 3 is 2.58 bits per heavy atom. The van der Waals surface area contributed by atoms with E-state index in [2.05, 4.69) is 17.5 Å². The number of benzene rings is 1. The lowest BCUT2D eigenvalue weighted by atomic mass is 9.92. The molecule has 4 heteroatoms. The molecule has 1 aromatic rings. The van der Waals surface area contributed by atoms with Gasteiger partial charge in [0.05, 0.1) is 25.7 Å². The van der Waals surface area contributed by atoms with Crippen LogP contribution in [0.25, 0.3) is 0 Å². The second-order valence-corrected chi connectivity index (χ2v) is 4.48. The Balaban J connectivity index is 2.39. The minimum atomic E-state index is 0.101. The van der Waals surface area contributed by atoms with Gasteiger partial charge in [-0.3, -0.25) is 0 Å². The van der Waals surface area contributed by atoms with Crippen LogP contribution in [0.1, 0.15) is 37.4 Å². The summed E-state index contributed by atoms with van der Waals surface area (Å²) in [4.78, 5) is 0. The van der Waals surface area contributed by atoms with Crippen molar-refractivity contribution < 1.29 is 9.47 Å². The molecule has 0 saturated heterocycles. The average Bonchev–Trinajstić information content (AvgIpc) is 2.41. The van der Waals surface area contributed by atoms with E-state index in [-0.39, 0.29) is 6.04 Å². The lowest BCUT2D eigenvalue weighted by molar-refractivity contribution is 0.286. The van der Waals surface area contributed by atoms with E-state index < -0.39 is 0 Å². The van der Waals surface area contributed by atoms with Crippen LogP contribution < -0.4 is 14.8 Å². The number of ether oxygens (including phenoxy) is 2. The molecular weight excluding hydrogens is 240 g/mol. The fourth-order valence-electron chi connectivity index (χ4n) is 2.46. The van der Waals surface area contributed by atoms with Gasteiger partial charge in [0.2, 0.25) is 0 Å². The monoisotopic (exact) mass is 260 g/mol. The number of nitrogens with zero attached hydrogens (tertiary/aromatic N) is 1. The van der Waals surface area contributed by atoms with Crippen LogP contribution in [0, 0.1) is 11.3 Å². The number of fused-ring (bicyclic) bond motifs is 1. The van der Waals surface area contributed by atoms with Gasteiger partial charge in [-0.25, -0.2) is 0 Å². The highest BCUT2D eigenvalue weighted by molar-refractivity contribution is 5.49. The van der Waals surface area contributed by atoms with Crippen molar-refractivity contribution >= 4 is 0 Å². The summed E-state index contributed by atoms with van der Waals surface area (Å²) in [5.74, 6) is 1.58. The van der Waals surface area contributed by atoms with E-state index >= 15 is 0 Å². The minimum Gasteiger partial charge on any atom is -0.490 e. The molecule has 0 spiro atoms. The predicted molar refractivity (Wildman–Crippen MR) is 73.5 cm³/mol. The maximum absolute atomic E-state index is 8.91. The molecule has 1 atom stereocenters. The van der Waals surface area contributed by atoms with E-state index in [4.69, 9.17) is 14.7 Å². The van der Waals surface area contributed by atoms with E-state index in [1.54, 1.807) is 0 Å². The summed E-state index contributed by atoms with van der Waals surface area (Å²) in [5, 5.41) is 12.3. The summed E-state index contributed by atoms with van der Waals surface area (Å²) >= 11 is 0. The largest absolute Gasteiger partial charge is 0.490 e. The van der Waals surface area contributed by atoms with E-state index in [0.717, 1.165) is 24.5 Å². The van der Waals surface area contributed by atoms with Gasteiger partial charge >= 0.3 is 0 Å². The zero-order valence-corrected chi connectivity index (χ0v) is 11.5. The molecule has 1 aromatic carbocycles. The molecule has 1 heterocycles. The summed E-state index contributed by atoms with van der Waals surface area (Å²) < 4.78 is 11.3. The van der Waals surface area contributed by atoms with Crippen LogP contribution in [0.2, 0.25) is 0 Å². The van der Waals surface area contributed by atoms with Gasteiger partial charge in [-0.2, -0.15) is 5.26 Å². The summed E-state index contributed by atoms with van der Waals surface area (Å²) in [6.07, 6.45) is 1.44. The van der Waals surface area contributed by atoms with Gasteiger partial charge < -0.3 is 14.8 Å². The second-order valence-electron chi connectivity index (χ2n) is 4.48. The maximum atomic E-state index is 8.91. The maximum Gasteiger partial charge on any atom is 0.161 e. The number of nitriles is 1. The third-order valence-electron chi connectivity index (χ3n) is 3.26. The molecule has 1 unspecified atom stereocenters. The quantitative estimate of drug-likeness (QED) is 0.884. The van der Waals surface area contributed by atoms with Crippen LogP contribution in [-0.4, -0.2) is 19.8 Å². The van der Waals surface area contributed by atoms with Gasteiger partial charge in [0.25, 0.3) is 0 Å². The molecule has 4 nitrogen and oxygen atoms in total. The van der Waals surface area contributed by atoms with Crippen molar-refractivity contribution in [1.29, 1.82) is 5.26 Å². The third kappa shape index (κ3) is 2.99. The van der Waals surface area contributed by atoms with Crippen molar-refractivity contribution in [3.63, 3.8) is 0 Å². The Bertz CT molecular complexity index is 480. The van der Waals surface area contributed by atoms with Crippen molar-refractivity contribution in [1.82, 2.24) is 5.32 Å². The first-order valence-corrected chi connectivity index (χ1v) is 6.82. The van der Waals surface area contributed by atoms with Crippen molar-refractivity contribution in [2.75, 3.05) is 19.8 Å². The van der Waals surface area contributed by atoms with Crippen LogP contribution in [0.5, 0.6) is 11.5 Å². The molecule has 19 heavy (non-hydrogen) atoms. The molecule has 0 aliphatic carbocycles. The standard InChI is InChI=1S/C15H20N2O2/c1-3-18-14-9-11-6-8-17-13(5-7-16)12(11)10-15(14)19-4-2/h9-10,13,17H,3-6,8H2,1-2H3. The highest BCUT2D eigenvalue weighted by Gasteiger charge is 2.22. The Labute approximate surface area is 114 Å². The Hall–Kier alpha value is -1.73. The van der Waals surface area contributed by atoms with Crippen LogP contribution in [-0.2, 0) is 6.42 Å². The zero-order chi connectivity index (χ0) is 13.7. The number of hydrogen-bond donors (Lipinski definition) is 1. The van der Waals surface area contributed by atoms with Crippen LogP contribution in [0.3, 0.4) is 0 Å². The van der Waals surface area contributed by atoms with Gasteiger partial charge in [0.1, 0.15) is 0 Å². The van der Waals surface area contributed by atoms with Gasteiger partial charge in [-0.1, -0.05) is 0 Å². The summed E-state index contributed by atoms with van der Waals surface area (Å²) in [7, 11) is 0. The lowest BCUT2D eigenvalue weighted by Crippen LogP contribution is -2.29. The normalized spacial score (nSPS) is 17.4. The van der Waals surface area contributed by atoms with Crippen molar-refractivity contribution in [2.24, 2.45) is 0 Å². The molecule has 0 amide bonds. The number of nitrogens with one attached hydrogen (secondary N) is 1. The molecule has 1 N–H and O–H groups in total. The molecule has 2 rings (SSSR count). The lowest BCUT2D eigenvalue weighted by Gasteiger charge is -2.26. The van der Waals surface area contributed by atoms with E-state index in [9.17, 15) is 0 Å². The second kappa shape index (κ2) is 6.44. The van der Waals surface area contributed by atoms with Gasteiger partial charge in [0.15, 0.2) is 11.5 Å². The molecule has 0 fully saturated rings. The van der Waals surface area contributed by atoms with Crippen molar-refractivity contribution in [3.05, 3.63) is 23.3 Å². The molecule has 0 bridgehead atoms. The van der Waals surface area contributed by atoms with Crippen molar-refractivity contribution in [3.8, 4) is 17.6 Å². The molecule has 102 valence electrons. The van der Waals surface area contributed by atoms with Crippen LogP contribution in [0.15, 0.2) is 12.1 Å². The molecule has 0 aromatic heterocycles. The van der Waals surface area contributed by atoms with Crippen molar-refractivity contribution in [2.45, 2.75) is 32.7 Å². The van der Waals surface area contributed by atoms with Gasteiger partial charge in [0, 0.05) is 6.04 Å². The molecule has 1 aliphatic heterocycles. The third-order valence-corrected chi connectivity index (χ3v) is 3.26. The molecule has 0 radical (unpaired) electrons. The van der Waals surface area contributed by atoms with Gasteiger partial charge in [-0.05, 0) is 50.1 Å². The molecule has 1 aliphatic rings. The fraction of sp³-hybridized carbons (Fsp3) is 0.533. The Morgan fingerprint density at radius 1 is 1.26 bits per heavy atom. The first kappa shape index (κ1) is 13.7. The van der Waals surface area contributed by atoms with E-state index in [1.807, 2.05) is 19.9 Å². The summed E-state index contributed by atoms with van der Waals surface area (Å²) in [6.45, 7) is 6.06. The summed E-state index contributed by atoms with van der Waals surface area (Å²) in [6, 6.07) is 6.43. The number of rotatable bonds is 5. The van der Waals surface area contributed by atoms with Crippen LogP contribution >= 0.6 is 0 Å². The first-order chi connectivity index (χ1) is 9.30. The van der Waals surface area contributed by atoms with Crippen LogP contribution in [0.4, 0.5) is 0 Å². The number of hydrogen-bond acceptors (Lipinski definition) is 4. The highest BCUT2D eigenvalue weighted by atomic mass is 16.5. The zero-order valence-electron chi connectivity index (χ0n) is 11.5. The smallest absolute Gasteiger partial charge is 0.161 e. The Kier molecular flexibility index (Phi) is 4.64. The first-order valence-electron chi connectivity index (χ1n) is 6.82. The van der Waals surface area contributed by atoms with Gasteiger partial charge in [-0.15, -0.1) is 0 Å². The molecule has 0 saturated carbocycles. The average molecular weight is 260 g/mol. The SMILES string of the molecule is CCOc1cc2c(cc1OCC)C(CC#N)NCC2. The fourth-order valence-corrected chi connectivity index (χ4v) is 2.46. The predicted octanol–water partition coefficient (Wildman–Crippen LogP) is 2.58. The van der Waals surface area contributed by atoms with E-state index in [1.165, 1.54) is 11.1 Å². The molecular formula is C15H20N2O2. The minimum absolute atomic E-state index is 0.101. The summed E-state index contributed by atoms with van der Waals surface area (Å²) in [5.41, 5.74) is 2.42. The topological polar surface area (TPSA) is 54.3 Å².